The minimum Gasteiger partial charge on any atom is -0.735 e. The van der Waals surface area contributed by atoms with E-state index >= 15 is 0 Å². The molecule has 0 bridgehead atoms. The Kier molecular flexibility index (Phi) is 41.7. The molecule has 0 aliphatic carbocycles. The van der Waals surface area contributed by atoms with Crippen LogP contribution >= 0.6 is 0 Å². The zero-order chi connectivity index (χ0) is 69.8. The molecule has 5 aliphatic heterocycles. The van der Waals surface area contributed by atoms with Crippen LogP contribution in [0, 0.1) is 0 Å². The van der Waals surface area contributed by atoms with Crippen molar-refractivity contribution in [3.05, 3.63) is 35.9 Å². The lowest BCUT2D eigenvalue weighted by Gasteiger charge is -2.39. The van der Waals surface area contributed by atoms with Gasteiger partial charge in [0.15, 0.2) is 26.9 Å². The van der Waals surface area contributed by atoms with Gasteiger partial charge in [-0.15, -0.1) is 0 Å². The fraction of sp³-hybridized carbons (Fsp3) is 0.763. The first-order chi connectivity index (χ1) is 41.4. The molecule has 1 aromatic rings. The average molecular weight is 1540 g/mol. The molecular weight excluding hydrogens is 1470 g/mol. The van der Waals surface area contributed by atoms with Crippen molar-refractivity contribution in [3.8, 4) is 0 Å². The molecule has 5 aliphatic rings. The lowest BCUT2D eigenvalue weighted by Crippen LogP contribution is -2.60. The summed E-state index contributed by atoms with van der Waals surface area (Å²) in [7, 11) is -33.6. The van der Waals surface area contributed by atoms with Crippen molar-refractivity contribution < 1.29 is 217 Å². The standard InChI is InChI=1S/C14H19NO8S.C6H13NO12S3.C6H13NO10S2.C6H10O8S.C6H10O5.4H2O/c1-21-14-12(15-13(17)9-5-3-2-4-6-9)11(16)7-10(23-14)8-22-24(18,19)20;8-20(9,10)7-5-3-17-4(2-18-21(11,12)13)1-6(5)19-22(14,15)16;8-5-3(7-18(10,11)12)1-16-4(6(5)9)2-17-19(13,14)15;7-3-1-4(6(8)9)13-2-5(3)14-15(10,11)12;7-3-1-5(6(9)10)11-2-4(3)8;;;;/h2-6,10-12,14,16H,7-8H2,1H3,(H,15,17)(H,18,19,20);4-7H,1-3H2,(H,8,9,10)(H,11,12,13)(H,14,15,16);3-9H,1-2H2,(H,10,11,12)(H,13,14,15);3-5,7H,1-2H2,(H,8,9)(H,10,11,12);3-5,7-8H,1-2H2,(H,9,10);4*1H2/p-9/t10?,11-,12?,14+;4?,5?,6-;3?,4?,5-,6+;2*3-,4?,5?;;;;/m11011..../s1. The largest absolute Gasteiger partial charge is 0.735 e. The van der Waals surface area contributed by atoms with E-state index in [4.69, 9.17) is 29.2 Å². The van der Waals surface area contributed by atoms with Crippen LogP contribution in [0.15, 0.2) is 30.3 Å². The number of aliphatic hydroxyl groups is 6. The smallest absolute Gasteiger partial charge is 0.251 e. The third-order valence-corrected chi connectivity index (χ3v) is 15.1. The normalized spacial score (nSPS) is 29.6. The van der Waals surface area contributed by atoms with Crippen LogP contribution in [0.3, 0.4) is 0 Å². The van der Waals surface area contributed by atoms with Gasteiger partial charge in [0.1, 0.15) is 36.6 Å². The summed E-state index contributed by atoms with van der Waals surface area (Å²) in [4.78, 5) is 32.7. The summed E-state index contributed by atoms with van der Waals surface area (Å²) in [5.74, 6) is -3.28. The molecule has 1 aromatic carbocycles. The number of nitrogens with one attached hydrogen (secondary N) is 3. The van der Waals surface area contributed by atoms with Gasteiger partial charge >= 0.3 is 0 Å². The minimum absolute atomic E-state index is 0. The maximum atomic E-state index is 12.2. The first-order valence-corrected chi connectivity index (χ1v) is 34.0. The number of carbonyl (C=O) groups is 3. The maximum Gasteiger partial charge on any atom is 0.251 e. The van der Waals surface area contributed by atoms with Crippen LogP contribution in [0.25, 0.3) is 0 Å². The Labute approximate surface area is 538 Å². The third kappa shape index (κ3) is 40.1. The summed E-state index contributed by atoms with van der Waals surface area (Å²) in [6, 6.07) is 4.65. The van der Waals surface area contributed by atoms with Gasteiger partial charge in [-0.25, -0.2) is 68.4 Å². The quantitative estimate of drug-likeness (QED) is 0.0384. The number of rotatable bonds is 22. The van der Waals surface area contributed by atoms with E-state index in [1.807, 2.05) is 0 Å². The van der Waals surface area contributed by atoms with Crippen molar-refractivity contribution >= 4 is 90.4 Å². The summed E-state index contributed by atoms with van der Waals surface area (Å²) in [5.41, 5.74) is 0.405. The molecule has 5 fully saturated rings. The Balaban J connectivity index is -0.00000112. The Morgan fingerprint density at radius 2 is 0.937 bits per heavy atom. The van der Waals surface area contributed by atoms with E-state index in [1.165, 1.54) is 16.6 Å². The molecule has 5 heterocycles. The van der Waals surface area contributed by atoms with E-state index in [0.717, 1.165) is 0 Å². The van der Waals surface area contributed by atoms with Gasteiger partial charge in [-0.05, 0) is 12.1 Å². The highest BCUT2D eigenvalue weighted by Gasteiger charge is 2.42. The molecule has 0 radical (unpaired) electrons. The fourth-order valence-corrected chi connectivity index (χ4v) is 10.7. The Morgan fingerprint density at radius 1 is 0.495 bits per heavy atom. The number of hydrogen-bond donors (Lipinski definition) is 9. The maximum absolute atomic E-state index is 12.2. The first kappa shape index (κ1) is 95.3. The lowest BCUT2D eigenvalue weighted by atomic mass is 9.99. The molecular formula is C38H64N3O47S7-9. The van der Waals surface area contributed by atoms with E-state index in [1.54, 1.807) is 30.3 Å². The number of benzene rings is 1. The molecule has 564 valence electrons. The number of methoxy groups -OCH3 is 1. The summed E-state index contributed by atoms with van der Waals surface area (Å²) in [5, 5.41) is 79.5. The predicted molar refractivity (Wildman–Crippen MR) is 281 cm³/mol. The number of ether oxygens (including phenoxy) is 6. The Morgan fingerprint density at radius 3 is 1.38 bits per heavy atom. The molecule has 0 spiro atoms. The highest BCUT2D eigenvalue weighted by molar-refractivity contribution is 7.84. The molecule has 1 amide bonds. The van der Waals surface area contributed by atoms with E-state index in [2.05, 4.69) is 35.7 Å². The Bertz CT molecular complexity index is 3300. The Hall–Kier alpha value is -3.92. The van der Waals surface area contributed by atoms with Crippen LogP contribution in [-0.2, 0) is 132 Å². The summed E-state index contributed by atoms with van der Waals surface area (Å²) in [6.07, 6.45) is -18.8. The number of amides is 1. The monoisotopic (exact) mass is 1540 g/mol. The molecule has 17 N–H and O–H groups in total. The second kappa shape index (κ2) is 41.6. The van der Waals surface area contributed by atoms with Crippen molar-refractivity contribution in [1.29, 1.82) is 0 Å². The molecule has 10 unspecified atom stereocenters. The van der Waals surface area contributed by atoms with Gasteiger partial charge in [0.2, 0.25) is 52.0 Å². The SMILES string of the molecule is CO[C@H]1OC(COS(=O)(=O)[O-])C[C@@H](O)C1NC(=O)c1ccccc1.O.O.O.O.O=C([O-])C1C[C@@H](O)C(O)CO1.O=C([O-])C1C[C@@H](O)C(OS(=O)(=O)[O-])CO1.O=S(=O)([O-])NC1COC(COS(=O)(=O)[O-])C[C@H]1OS(=O)(=O)[O-].O=S(=O)([O-])NC1COC(COS(=O)(=O)[O-])[C@@H](O)[C@H]1O. The topological polar surface area (TPSA) is 883 Å². The number of aliphatic carboxylic acids is 2. The molecule has 0 aromatic heterocycles. The summed E-state index contributed by atoms with van der Waals surface area (Å²) >= 11 is 0. The first-order valence-electron chi connectivity index (χ1n) is 24.5. The fourth-order valence-electron chi connectivity index (χ4n) is 7.62. The molecule has 5 saturated heterocycles. The summed E-state index contributed by atoms with van der Waals surface area (Å²) < 4.78 is 271. The van der Waals surface area contributed by atoms with Gasteiger partial charge in [-0.2, -0.15) is 0 Å². The predicted octanol–water partition coefficient (Wildman–Crippen LogP) is -17.4. The van der Waals surface area contributed by atoms with E-state index < -0.39 is 240 Å². The number of carboxylic acids is 2. The van der Waals surface area contributed by atoms with Crippen LogP contribution in [0.2, 0.25) is 0 Å². The highest BCUT2D eigenvalue weighted by atomic mass is 32.3. The number of carboxylic acid groups (broad SMARTS) is 2. The summed E-state index contributed by atoms with van der Waals surface area (Å²) in [6.45, 7) is -3.97. The number of hydrogen-bond acceptors (Lipinski definition) is 43. The van der Waals surface area contributed by atoms with Crippen molar-refractivity contribution in [2.75, 3.05) is 53.4 Å². The van der Waals surface area contributed by atoms with Crippen LogP contribution in [0.4, 0.5) is 0 Å². The van der Waals surface area contributed by atoms with E-state index in [9.17, 15) is 136 Å². The van der Waals surface area contributed by atoms with Gasteiger partial charge in [0.25, 0.3) is 5.91 Å². The zero-order valence-electron chi connectivity index (χ0n) is 47.6. The minimum atomic E-state index is -5.24. The van der Waals surface area contributed by atoms with Crippen LogP contribution < -0.4 is 25.0 Å². The van der Waals surface area contributed by atoms with E-state index in [-0.39, 0.29) is 47.8 Å². The van der Waals surface area contributed by atoms with Crippen LogP contribution in [0.1, 0.15) is 36.0 Å². The molecule has 95 heavy (non-hydrogen) atoms. The van der Waals surface area contributed by atoms with Gasteiger partial charge in [0.05, 0.1) is 119 Å². The number of aliphatic hydroxyl groups excluding tert-OH is 6. The lowest BCUT2D eigenvalue weighted by molar-refractivity contribution is -0.322. The van der Waals surface area contributed by atoms with Gasteiger partial charge in [0, 0.05) is 38.4 Å². The second-order valence-electron chi connectivity index (χ2n) is 18.6. The van der Waals surface area contributed by atoms with Crippen molar-refractivity contribution in [1.82, 2.24) is 14.8 Å². The van der Waals surface area contributed by atoms with Crippen molar-refractivity contribution in [3.63, 3.8) is 0 Å². The second-order valence-corrected chi connectivity index (χ2v) is 26.0. The zero-order valence-corrected chi connectivity index (χ0v) is 53.3. The molecule has 57 heteroatoms. The van der Waals surface area contributed by atoms with Crippen molar-refractivity contribution in [2.24, 2.45) is 0 Å². The van der Waals surface area contributed by atoms with Crippen LogP contribution in [0.5, 0.6) is 0 Å². The third-order valence-electron chi connectivity index (χ3n) is 11.7. The van der Waals surface area contributed by atoms with Crippen LogP contribution in [-0.4, -0.2) is 318 Å². The molecule has 6 rings (SSSR count). The average Bonchev–Trinajstić information content (AvgIpc) is 0.846. The van der Waals surface area contributed by atoms with Gasteiger partial charge < -0.3 is 138 Å². The molecule has 50 nitrogen and oxygen atoms in total. The molecule has 17 atom stereocenters. The van der Waals surface area contributed by atoms with Crippen molar-refractivity contribution in [2.45, 2.75) is 129 Å². The van der Waals surface area contributed by atoms with Gasteiger partial charge in [-0.1, -0.05) is 18.2 Å². The number of carbonyl (C=O) groups excluding carboxylic acids is 3. The van der Waals surface area contributed by atoms with Gasteiger partial charge in [-0.3, -0.25) is 25.7 Å². The van der Waals surface area contributed by atoms with E-state index in [0.29, 0.717) is 5.56 Å². The molecule has 0 saturated carbocycles. The highest BCUT2D eigenvalue weighted by Crippen LogP contribution is 2.24.